The third-order valence-corrected chi connectivity index (χ3v) is 2.98. The maximum absolute atomic E-state index is 11.8. The first-order valence-corrected chi connectivity index (χ1v) is 6.37. The van der Waals surface area contributed by atoms with Crippen LogP contribution in [0.25, 0.3) is 0 Å². The van der Waals surface area contributed by atoms with Crippen LogP contribution in [0.5, 0.6) is 5.75 Å². The maximum Gasteiger partial charge on any atom is 0.311 e. The highest BCUT2D eigenvalue weighted by Gasteiger charge is 2.11. The van der Waals surface area contributed by atoms with Gasteiger partial charge in [0.25, 0.3) is 0 Å². The summed E-state index contributed by atoms with van der Waals surface area (Å²) in [6.45, 7) is 5.94. The van der Waals surface area contributed by atoms with Crippen LogP contribution in [0.1, 0.15) is 28.9 Å². The Morgan fingerprint density at radius 3 is 2.47 bits per heavy atom. The molecule has 0 atom stereocenters. The number of ether oxygens (including phenoxy) is 1. The Kier molecular flexibility index (Phi) is 4.05. The van der Waals surface area contributed by atoms with Crippen LogP contribution in [-0.2, 0) is 11.2 Å². The molecule has 2 rings (SSSR count). The van der Waals surface area contributed by atoms with Crippen molar-refractivity contribution in [1.82, 2.24) is 0 Å². The van der Waals surface area contributed by atoms with E-state index in [1.54, 1.807) is 6.26 Å². The number of esters is 1. The molecular weight excluding hydrogens is 240 g/mol. The highest BCUT2D eigenvalue weighted by molar-refractivity contribution is 5.73. The molecule has 0 aliphatic rings. The smallest absolute Gasteiger partial charge is 0.311 e. The minimum atomic E-state index is -0.230. The van der Waals surface area contributed by atoms with E-state index in [-0.39, 0.29) is 5.97 Å². The lowest BCUT2D eigenvalue weighted by Gasteiger charge is -2.11. The number of furan rings is 1. The molecule has 100 valence electrons. The van der Waals surface area contributed by atoms with Crippen molar-refractivity contribution in [3.8, 4) is 5.75 Å². The number of hydrogen-bond acceptors (Lipinski definition) is 3. The summed E-state index contributed by atoms with van der Waals surface area (Å²) >= 11 is 0. The molecule has 1 heterocycles. The summed E-state index contributed by atoms with van der Waals surface area (Å²) in [4.78, 5) is 11.8. The first kappa shape index (κ1) is 13.4. The van der Waals surface area contributed by atoms with Gasteiger partial charge in [-0.1, -0.05) is 17.7 Å². The molecule has 0 aliphatic heterocycles. The Morgan fingerprint density at radius 2 is 1.89 bits per heavy atom. The van der Waals surface area contributed by atoms with Gasteiger partial charge in [-0.25, -0.2) is 0 Å². The summed E-state index contributed by atoms with van der Waals surface area (Å²) in [5.41, 5.74) is 3.15. The maximum atomic E-state index is 11.8. The van der Waals surface area contributed by atoms with Gasteiger partial charge in [-0.05, 0) is 44.0 Å². The van der Waals surface area contributed by atoms with Crippen molar-refractivity contribution in [2.45, 2.75) is 33.6 Å². The highest BCUT2D eigenvalue weighted by atomic mass is 16.5. The van der Waals surface area contributed by atoms with Crippen LogP contribution in [-0.4, -0.2) is 5.97 Å². The van der Waals surface area contributed by atoms with Gasteiger partial charge < -0.3 is 9.15 Å². The Labute approximate surface area is 113 Å². The fourth-order valence-corrected chi connectivity index (χ4v) is 2.17. The van der Waals surface area contributed by atoms with Gasteiger partial charge in [0.1, 0.15) is 11.5 Å². The second kappa shape index (κ2) is 5.74. The molecule has 0 saturated carbocycles. The number of benzene rings is 1. The van der Waals surface area contributed by atoms with Gasteiger partial charge in [-0.3, -0.25) is 4.79 Å². The quantitative estimate of drug-likeness (QED) is 0.619. The van der Waals surface area contributed by atoms with Gasteiger partial charge >= 0.3 is 5.97 Å². The van der Waals surface area contributed by atoms with Crippen molar-refractivity contribution in [3.05, 3.63) is 53.0 Å². The predicted octanol–water partition coefficient (Wildman–Crippen LogP) is 3.74. The molecule has 0 bridgehead atoms. The molecule has 1 aromatic carbocycles. The van der Waals surface area contributed by atoms with E-state index in [2.05, 4.69) is 0 Å². The van der Waals surface area contributed by atoms with Gasteiger partial charge in [-0.2, -0.15) is 0 Å². The summed E-state index contributed by atoms with van der Waals surface area (Å²) < 4.78 is 10.6. The monoisotopic (exact) mass is 258 g/mol. The molecule has 0 fully saturated rings. The predicted molar refractivity (Wildman–Crippen MR) is 73.3 cm³/mol. The Hall–Kier alpha value is -2.03. The topological polar surface area (TPSA) is 39.4 Å². The lowest BCUT2D eigenvalue weighted by atomic mass is 10.1. The van der Waals surface area contributed by atoms with Crippen molar-refractivity contribution < 1.29 is 13.9 Å². The van der Waals surface area contributed by atoms with E-state index in [4.69, 9.17) is 9.15 Å². The van der Waals surface area contributed by atoms with Gasteiger partial charge in [-0.15, -0.1) is 0 Å². The molecule has 0 spiro atoms. The zero-order chi connectivity index (χ0) is 13.8. The van der Waals surface area contributed by atoms with Crippen LogP contribution in [0.15, 0.2) is 34.9 Å². The first-order chi connectivity index (χ1) is 9.06. The molecular formula is C16H18O3. The number of hydrogen-bond donors (Lipinski definition) is 0. The average molecular weight is 258 g/mol. The van der Waals surface area contributed by atoms with E-state index in [1.807, 2.05) is 45.0 Å². The number of rotatable bonds is 4. The van der Waals surface area contributed by atoms with Crippen molar-refractivity contribution in [1.29, 1.82) is 0 Å². The van der Waals surface area contributed by atoms with Crippen LogP contribution < -0.4 is 4.74 Å². The number of aryl methyl sites for hydroxylation is 4. The largest absolute Gasteiger partial charge is 0.469 e. The molecule has 0 aliphatic carbocycles. The molecule has 0 amide bonds. The van der Waals surface area contributed by atoms with Crippen LogP contribution in [0.2, 0.25) is 0 Å². The van der Waals surface area contributed by atoms with E-state index in [0.29, 0.717) is 18.6 Å². The second-order valence-corrected chi connectivity index (χ2v) is 4.78. The Balaban J connectivity index is 1.99. The number of carbonyl (C=O) groups excluding carboxylic acids is 1. The fraction of sp³-hybridized carbons (Fsp3) is 0.312. The van der Waals surface area contributed by atoms with Gasteiger partial charge in [0.15, 0.2) is 0 Å². The van der Waals surface area contributed by atoms with Crippen molar-refractivity contribution in [3.63, 3.8) is 0 Å². The lowest BCUT2D eigenvalue weighted by molar-refractivity contribution is -0.134. The van der Waals surface area contributed by atoms with Crippen molar-refractivity contribution in [2.75, 3.05) is 0 Å². The molecule has 3 nitrogen and oxygen atoms in total. The standard InChI is InChI=1S/C16H18O3/c1-11-9-12(2)16(13(3)10-11)19-15(17)7-6-14-5-4-8-18-14/h4-5,8-10H,6-7H2,1-3H3. The summed E-state index contributed by atoms with van der Waals surface area (Å²) in [5, 5.41) is 0. The lowest BCUT2D eigenvalue weighted by Crippen LogP contribution is -2.10. The van der Waals surface area contributed by atoms with Crippen LogP contribution in [0.4, 0.5) is 0 Å². The summed E-state index contributed by atoms with van der Waals surface area (Å²) in [5.74, 6) is 1.25. The van der Waals surface area contributed by atoms with Gasteiger partial charge in [0.05, 0.1) is 12.7 Å². The van der Waals surface area contributed by atoms with E-state index in [0.717, 1.165) is 16.9 Å². The third-order valence-electron chi connectivity index (χ3n) is 2.98. The zero-order valence-corrected chi connectivity index (χ0v) is 11.5. The molecule has 0 saturated heterocycles. The van der Waals surface area contributed by atoms with Crippen LogP contribution in [0.3, 0.4) is 0 Å². The molecule has 2 aromatic rings. The van der Waals surface area contributed by atoms with Gasteiger partial charge in [0.2, 0.25) is 0 Å². The normalized spacial score (nSPS) is 10.5. The molecule has 3 heteroatoms. The molecule has 0 radical (unpaired) electrons. The number of carbonyl (C=O) groups is 1. The van der Waals surface area contributed by atoms with Crippen molar-refractivity contribution in [2.24, 2.45) is 0 Å². The van der Waals surface area contributed by atoms with Crippen LogP contribution in [0, 0.1) is 20.8 Å². The average Bonchev–Trinajstić information content (AvgIpc) is 2.84. The minimum Gasteiger partial charge on any atom is -0.469 e. The van der Waals surface area contributed by atoms with Gasteiger partial charge in [0, 0.05) is 6.42 Å². The highest BCUT2D eigenvalue weighted by Crippen LogP contribution is 2.25. The van der Waals surface area contributed by atoms with E-state index in [1.165, 1.54) is 5.56 Å². The Morgan fingerprint density at radius 1 is 1.21 bits per heavy atom. The van der Waals surface area contributed by atoms with Crippen molar-refractivity contribution >= 4 is 5.97 Å². The molecule has 0 N–H and O–H groups in total. The van der Waals surface area contributed by atoms with Crippen LogP contribution >= 0.6 is 0 Å². The van der Waals surface area contributed by atoms with E-state index >= 15 is 0 Å². The second-order valence-electron chi connectivity index (χ2n) is 4.78. The molecule has 1 aromatic heterocycles. The molecule has 19 heavy (non-hydrogen) atoms. The third kappa shape index (κ3) is 3.47. The van der Waals surface area contributed by atoms with E-state index < -0.39 is 0 Å². The Bertz CT molecular complexity index is 545. The minimum absolute atomic E-state index is 0.230. The fourth-order valence-electron chi connectivity index (χ4n) is 2.17. The summed E-state index contributed by atoms with van der Waals surface area (Å²) in [6, 6.07) is 7.70. The zero-order valence-electron chi connectivity index (χ0n) is 11.5. The van der Waals surface area contributed by atoms with E-state index in [9.17, 15) is 4.79 Å². The SMILES string of the molecule is Cc1cc(C)c(OC(=O)CCc2ccco2)c(C)c1. The first-order valence-electron chi connectivity index (χ1n) is 6.37. The summed E-state index contributed by atoms with van der Waals surface area (Å²) in [6.07, 6.45) is 2.49. The molecule has 0 unspecified atom stereocenters. The summed E-state index contributed by atoms with van der Waals surface area (Å²) in [7, 11) is 0.